The fourth-order valence-electron chi connectivity index (χ4n) is 2.52. The van der Waals surface area contributed by atoms with E-state index in [9.17, 15) is 4.79 Å². The normalized spacial score (nSPS) is 15.5. The van der Waals surface area contributed by atoms with Gasteiger partial charge in [-0.2, -0.15) is 0 Å². The van der Waals surface area contributed by atoms with Crippen LogP contribution >= 0.6 is 0 Å². The molecule has 2 N–H and O–H groups in total. The standard InChI is InChI=1S/C17H27N3O2/c1-14-4-5-15(2)16(12-14)22-13-17(21)19-6-3-9-20-10-7-18-8-11-20/h4-5,12,18H,3,6-11,13H2,1-2H3,(H,19,21). The van der Waals surface area contributed by atoms with Gasteiger partial charge in [0.15, 0.2) is 6.61 Å². The molecule has 1 heterocycles. The zero-order valence-corrected chi connectivity index (χ0v) is 13.7. The van der Waals surface area contributed by atoms with Crippen LogP contribution in [0.4, 0.5) is 0 Å². The Morgan fingerprint density at radius 2 is 2.09 bits per heavy atom. The predicted molar refractivity (Wildman–Crippen MR) is 88.3 cm³/mol. The summed E-state index contributed by atoms with van der Waals surface area (Å²) in [5.41, 5.74) is 2.19. The maximum atomic E-state index is 11.8. The molecule has 1 aromatic rings. The summed E-state index contributed by atoms with van der Waals surface area (Å²) in [6.07, 6.45) is 0.981. The topological polar surface area (TPSA) is 53.6 Å². The third-order valence-electron chi connectivity index (χ3n) is 3.89. The van der Waals surface area contributed by atoms with E-state index in [-0.39, 0.29) is 12.5 Å². The van der Waals surface area contributed by atoms with Crippen molar-refractivity contribution in [1.82, 2.24) is 15.5 Å². The van der Waals surface area contributed by atoms with E-state index < -0.39 is 0 Å². The maximum absolute atomic E-state index is 11.8. The second-order valence-corrected chi connectivity index (χ2v) is 5.85. The Kier molecular flexibility index (Phi) is 6.68. The largest absolute Gasteiger partial charge is 0.483 e. The summed E-state index contributed by atoms with van der Waals surface area (Å²) in [5.74, 6) is 0.734. The van der Waals surface area contributed by atoms with Crippen molar-refractivity contribution in [3.63, 3.8) is 0 Å². The molecule has 1 saturated heterocycles. The molecule has 0 spiro atoms. The Morgan fingerprint density at radius 3 is 2.86 bits per heavy atom. The molecule has 2 rings (SSSR count). The Hall–Kier alpha value is -1.59. The molecule has 1 aromatic carbocycles. The number of nitrogens with zero attached hydrogens (tertiary/aromatic N) is 1. The SMILES string of the molecule is Cc1ccc(C)c(OCC(=O)NCCCN2CCNCC2)c1. The number of hydrogen-bond acceptors (Lipinski definition) is 4. The lowest BCUT2D eigenvalue weighted by Gasteiger charge is -2.27. The van der Waals surface area contributed by atoms with E-state index in [0.29, 0.717) is 6.54 Å². The van der Waals surface area contributed by atoms with Crippen LogP contribution in [0.5, 0.6) is 5.75 Å². The molecular formula is C17H27N3O2. The molecule has 0 radical (unpaired) electrons. The molecule has 5 heteroatoms. The van der Waals surface area contributed by atoms with Crippen molar-refractivity contribution in [1.29, 1.82) is 0 Å². The van der Waals surface area contributed by atoms with Crippen LogP contribution in [0.15, 0.2) is 18.2 Å². The smallest absolute Gasteiger partial charge is 0.257 e. The summed E-state index contributed by atoms with van der Waals surface area (Å²) in [4.78, 5) is 14.2. The number of aryl methyl sites for hydroxylation is 2. The average molecular weight is 305 g/mol. The van der Waals surface area contributed by atoms with Crippen molar-refractivity contribution in [3.8, 4) is 5.75 Å². The molecule has 0 aliphatic carbocycles. The van der Waals surface area contributed by atoms with E-state index in [1.165, 1.54) is 0 Å². The zero-order valence-electron chi connectivity index (χ0n) is 13.7. The molecule has 1 amide bonds. The number of nitrogens with one attached hydrogen (secondary N) is 2. The second kappa shape index (κ2) is 8.76. The number of carbonyl (C=O) groups is 1. The van der Waals surface area contributed by atoms with Crippen LogP contribution < -0.4 is 15.4 Å². The predicted octanol–water partition coefficient (Wildman–Crippen LogP) is 1.09. The molecule has 0 saturated carbocycles. The highest BCUT2D eigenvalue weighted by Gasteiger charge is 2.09. The number of hydrogen-bond donors (Lipinski definition) is 2. The van der Waals surface area contributed by atoms with Crippen LogP contribution in [-0.2, 0) is 4.79 Å². The van der Waals surface area contributed by atoms with Gasteiger partial charge >= 0.3 is 0 Å². The molecular weight excluding hydrogens is 278 g/mol. The number of carbonyl (C=O) groups excluding carboxylic acids is 1. The highest BCUT2D eigenvalue weighted by Crippen LogP contribution is 2.18. The number of rotatable bonds is 7. The summed E-state index contributed by atoms with van der Waals surface area (Å²) in [6, 6.07) is 6.02. The minimum Gasteiger partial charge on any atom is -0.483 e. The maximum Gasteiger partial charge on any atom is 0.257 e. The van der Waals surface area contributed by atoms with Gasteiger partial charge in [0.2, 0.25) is 0 Å². The van der Waals surface area contributed by atoms with Crippen molar-refractivity contribution in [2.45, 2.75) is 20.3 Å². The van der Waals surface area contributed by atoms with E-state index in [0.717, 1.165) is 56.0 Å². The van der Waals surface area contributed by atoms with Crippen LogP contribution in [0.25, 0.3) is 0 Å². The Labute approximate surface area is 133 Å². The van der Waals surface area contributed by atoms with E-state index in [1.807, 2.05) is 32.0 Å². The van der Waals surface area contributed by atoms with Gasteiger partial charge in [-0.15, -0.1) is 0 Å². The molecule has 1 aliphatic heterocycles. The number of ether oxygens (including phenoxy) is 1. The molecule has 0 atom stereocenters. The van der Waals surface area contributed by atoms with Gasteiger partial charge in [-0.1, -0.05) is 12.1 Å². The fourth-order valence-corrected chi connectivity index (χ4v) is 2.52. The van der Waals surface area contributed by atoms with Crippen molar-refractivity contribution < 1.29 is 9.53 Å². The van der Waals surface area contributed by atoms with Crippen LogP contribution in [0.3, 0.4) is 0 Å². The summed E-state index contributed by atoms with van der Waals surface area (Å²) >= 11 is 0. The van der Waals surface area contributed by atoms with E-state index in [1.54, 1.807) is 0 Å². The lowest BCUT2D eigenvalue weighted by molar-refractivity contribution is -0.123. The number of amides is 1. The van der Waals surface area contributed by atoms with Crippen molar-refractivity contribution in [3.05, 3.63) is 29.3 Å². The second-order valence-electron chi connectivity index (χ2n) is 5.85. The number of piperazine rings is 1. The van der Waals surface area contributed by atoms with Gasteiger partial charge in [-0.05, 0) is 44.0 Å². The third-order valence-corrected chi connectivity index (χ3v) is 3.89. The molecule has 1 fully saturated rings. The fraction of sp³-hybridized carbons (Fsp3) is 0.588. The third kappa shape index (κ3) is 5.66. The van der Waals surface area contributed by atoms with Gasteiger partial charge in [0, 0.05) is 32.7 Å². The minimum atomic E-state index is -0.0544. The molecule has 0 unspecified atom stereocenters. The molecule has 1 aliphatic rings. The summed E-state index contributed by atoms with van der Waals surface area (Å²) < 4.78 is 5.60. The molecule has 122 valence electrons. The number of benzene rings is 1. The van der Waals surface area contributed by atoms with Gasteiger partial charge in [0.25, 0.3) is 5.91 Å². The lowest BCUT2D eigenvalue weighted by atomic mass is 10.1. The molecule has 22 heavy (non-hydrogen) atoms. The highest BCUT2D eigenvalue weighted by atomic mass is 16.5. The van der Waals surface area contributed by atoms with Gasteiger partial charge in [-0.3, -0.25) is 4.79 Å². The van der Waals surface area contributed by atoms with E-state index in [2.05, 4.69) is 15.5 Å². The van der Waals surface area contributed by atoms with Gasteiger partial charge < -0.3 is 20.3 Å². The van der Waals surface area contributed by atoms with Crippen LogP contribution in [0, 0.1) is 13.8 Å². The minimum absolute atomic E-state index is 0.0544. The molecule has 5 nitrogen and oxygen atoms in total. The van der Waals surface area contributed by atoms with Crippen molar-refractivity contribution >= 4 is 5.91 Å². The van der Waals surface area contributed by atoms with Crippen molar-refractivity contribution in [2.75, 3.05) is 45.9 Å². The Morgan fingerprint density at radius 1 is 1.32 bits per heavy atom. The van der Waals surface area contributed by atoms with Crippen LogP contribution in [-0.4, -0.2) is 56.7 Å². The highest BCUT2D eigenvalue weighted by molar-refractivity contribution is 5.77. The van der Waals surface area contributed by atoms with Gasteiger partial charge in [0.1, 0.15) is 5.75 Å². The van der Waals surface area contributed by atoms with Crippen molar-refractivity contribution in [2.24, 2.45) is 0 Å². The van der Waals surface area contributed by atoms with Crippen LogP contribution in [0.2, 0.25) is 0 Å². The van der Waals surface area contributed by atoms with Gasteiger partial charge in [-0.25, -0.2) is 0 Å². The summed E-state index contributed by atoms with van der Waals surface area (Å²) in [5, 5.41) is 6.26. The Balaban J connectivity index is 1.60. The first kappa shape index (κ1) is 16.8. The summed E-state index contributed by atoms with van der Waals surface area (Å²) in [6.45, 7) is 10.2. The monoisotopic (exact) mass is 305 g/mol. The quantitative estimate of drug-likeness (QED) is 0.741. The van der Waals surface area contributed by atoms with E-state index in [4.69, 9.17) is 4.74 Å². The first-order valence-corrected chi connectivity index (χ1v) is 8.05. The summed E-state index contributed by atoms with van der Waals surface area (Å²) in [7, 11) is 0. The first-order chi connectivity index (χ1) is 10.6. The molecule has 0 bridgehead atoms. The van der Waals surface area contributed by atoms with E-state index >= 15 is 0 Å². The first-order valence-electron chi connectivity index (χ1n) is 8.05. The van der Waals surface area contributed by atoms with Gasteiger partial charge in [0.05, 0.1) is 0 Å². The zero-order chi connectivity index (χ0) is 15.8. The Bertz CT molecular complexity index is 485. The lowest BCUT2D eigenvalue weighted by Crippen LogP contribution is -2.44. The van der Waals surface area contributed by atoms with Crippen LogP contribution in [0.1, 0.15) is 17.5 Å². The molecule has 0 aromatic heterocycles. The average Bonchev–Trinajstić information content (AvgIpc) is 2.53.